The van der Waals surface area contributed by atoms with Crippen molar-refractivity contribution < 1.29 is 29.0 Å². The second-order valence-electron chi connectivity index (χ2n) is 5.28. The second-order valence-corrected chi connectivity index (χ2v) is 6.60. The van der Waals surface area contributed by atoms with Gasteiger partial charge in [0.2, 0.25) is 17.7 Å². The maximum absolute atomic E-state index is 12.2. The molecule has 4 N–H and O–H groups in total. The Morgan fingerprint density at radius 1 is 1.00 bits per heavy atom. The lowest BCUT2D eigenvalue weighted by atomic mass is 10.2. The number of aliphatic carboxylic acids is 1. The molecule has 0 spiro atoms. The highest BCUT2D eigenvalue weighted by atomic mass is 32.2. The van der Waals surface area contributed by atoms with E-state index in [1.165, 1.54) is 11.8 Å². The van der Waals surface area contributed by atoms with Gasteiger partial charge >= 0.3 is 5.97 Å². The third-order valence-corrected chi connectivity index (χ3v) is 4.12. The Morgan fingerprint density at radius 3 is 2.23 bits per heavy atom. The van der Waals surface area contributed by atoms with Gasteiger partial charge < -0.3 is 25.8 Å². The van der Waals surface area contributed by atoms with Gasteiger partial charge in [-0.1, -0.05) is 13.8 Å². The van der Waals surface area contributed by atoms with Crippen molar-refractivity contribution in [2.45, 2.75) is 39.2 Å². The van der Waals surface area contributed by atoms with E-state index >= 15 is 0 Å². The Bertz CT molecular complexity index is 461. The summed E-state index contributed by atoms with van der Waals surface area (Å²) < 4.78 is 5.30. The Morgan fingerprint density at radius 2 is 1.65 bits per heavy atom. The minimum absolute atomic E-state index is 0.0446. The normalized spacial score (nSPS) is 11.5. The number of hydrogen-bond donors (Lipinski definition) is 4. The smallest absolute Gasteiger partial charge is 0.303 e. The fourth-order valence-corrected chi connectivity index (χ4v) is 2.47. The first-order valence-electron chi connectivity index (χ1n) is 8.61. The van der Waals surface area contributed by atoms with Gasteiger partial charge in [-0.3, -0.25) is 19.2 Å². The van der Waals surface area contributed by atoms with Crippen molar-refractivity contribution >= 4 is 35.5 Å². The summed E-state index contributed by atoms with van der Waals surface area (Å²) in [7, 11) is 0. The number of carbonyl (C=O) groups is 4. The molecular formula is C16H29N3O6S. The molecule has 1 atom stereocenters. The molecule has 0 saturated carbocycles. The molecule has 0 heterocycles. The Kier molecular flexibility index (Phi) is 14.4. The first-order chi connectivity index (χ1) is 12.4. The zero-order valence-electron chi connectivity index (χ0n) is 15.3. The zero-order valence-corrected chi connectivity index (χ0v) is 16.2. The predicted molar refractivity (Wildman–Crippen MR) is 98.9 cm³/mol. The van der Waals surface area contributed by atoms with Crippen LogP contribution < -0.4 is 16.0 Å². The molecule has 0 aliphatic carbocycles. The average molecular weight is 391 g/mol. The van der Waals surface area contributed by atoms with E-state index in [9.17, 15) is 19.2 Å². The van der Waals surface area contributed by atoms with E-state index in [2.05, 4.69) is 16.0 Å². The van der Waals surface area contributed by atoms with Crippen LogP contribution in [0.15, 0.2) is 0 Å². The highest BCUT2D eigenvalue weighted by molar-refractivity contribution is 7.99. The van der Waals surface area contributed by atoms with Gasteiger partial charge in [-0.15, -0.1) is 0 Å². The number of thioether (sulfide) groups is 1. The van der Waals surface area contributed by atoms with Gasteiger partial charge in [-0.2, -0.15) is 11.8 Å². The number of rotatable bonds is 15. The molecule has 26 heavy (non-hydrogen) atoms. The van der Waals surface area contributed by atoms with Crippen molar-refractivity contribution in [1.82, 2.24) is 16.0 Å². The Hall–Kier alpha value is -1.81. The van der Waals surface area contributed by atoms with Gasteiger partial charge in [0.1, 0.15) is 6.04 Å². The lowest BCUT2D eigenvalue weighted by molar-refractivity contribution is -0.139. The summed E-state index contributed by atoms with van der Waals surface area (Å²) in [5, 5.41) is 16.5. The Labute approximate surface area is 158 Å². The summed E-state index contributed by atoms with van der Waals surface area (Å²) in [5.74, 6) is -0.704. The average Bonchev–Trinajstić information content (AvgIpc) is 2.61. The second kappa shape index (κ2) is 15.4. The first kappa shape index (κ1) is 24.2. The molecule has 0 aromatic heterocycles. The number of carboxylic acid groups (broad SMARTS) is 1. The standard InChI is InChI=1S/C16H29N3O6S/c1-3-13(20)17-7-9-25-10-8-18-16(24)12(11-26-4-2)19-14(21)5-6-15(22)23/h12H,3-11H2,1-2H3,(H,17,20)(H,18,24)(H,19,21)(H,22,23)/t12-/m0/s1. The third kappa shape index (κ3) is 13.5. The quantitative estimate of drug-likeness (QED) is 0.283. The molecule has 0 bridgehead atoms. The van der Waals surface area contributed by atoms with Crippen molar-refractivity contribution in [2.24, 2.45) is 0 Å². The highest BCUT2D eigenvalue weighted by Gasteiger charge is 2.20. The maximum Gasteiger partial charge on any atom is 0.303 e. The van der Waals surface area contributed by atoms with Crippen LogP contribution in [0.1, 0.15) is 33.1 Å². The Balaban J connectivity index is 4.08. The van der Waals surface area contributed by atoms with Gasteiger partial charge in [-0.25, -0.2) is 0 Å². The van der Waals surface area contributed by atoms with Crippen LogP contribution in [0.5, 0.6) is 0 Å². The summed E-state index contributed by atoms with van der Waals surface area (Å²) in [6, 6.07) is -0.718. The number of carbonyl (C=O) groups excluding carboxylic acids is 3. The van der Waals surface area contributed by atoms with Crippen LogP contribution in [-0.4, -0.2) is 72.6 Å². The lowest BCUT2D eigenvalue weighted by Crippen LogP contribution is -2.49. The van der Waals surface area contributed by atoms with Crippen LogP contribution >= 0.6 is 11.8 Å². The van der Waals surface area contributed by atoms with Crippen molar-refractivity contribution in [3.63, 3.8) is 0 Å². The molecular weight excluding hydrogens is 362 g/mol. The molecule has 3 amide bonds. The number of amides is 3. The van der Waals surface area contributed by atoms with Crippen LogP contribution in [-0.2, 0) is 23.9 Å². The van der Waals surface area contributed by atoms with Crippen LogP contribution in [0, 0.1) is 0 Å². The topological polar surface area (TPSA) is 134 Å². The van der Waals surface area contributed by atoms with E-state index in [1.54, 1.807) is 6.92 Å². The molecule has 10 heteroatoms. The molecule has 0 aliphatic heterocycles. The summed E-state index contributed by atoms with van der Waals surface area (Å²) in [6.45, 7) is 5.03. The molecule has 0 rings (SSSR count). The summed E-state index contributed by atoms with van der Waals surface area (Å²) >= 11 is 1.50. The van der Waals surface area contributed by atoms with E-state index in [0.29, 0.717) is 25.3 Å². The predicted octanol–water partition coefficient (Wildman–Crippen LogP) is -0.252. The summed E-state index contributed by atoms with van der Waals surface area (Å²) in [6.07, 6.45) is -0.0165. The van der Waals surface area contributed by atoms with E-state index in [0.717, 1.165) is 5.75 Å². The molecule has 0 unspecified atom stereocenters. The van der Waals surface area contributed by atoms with Gasteiger partial charge in [-0.05, 0) is 5.75 Å². The molecule has 0 aromatic rings. The van der Waals surface area contributed by atoms with E-state index in [-0.39, 0.29) is 37.8 Å². The zero-order chi connectivity index (χ0) is 19.8. The third-order valence-electron chi connectivity index (χ3n) is 3.14. The largest absolute Gasteiger partial charge is 0.481 e. The van der Waals surface area contributed by atoms with Crippen LogP contribution in [0.4, 0.5) is 0 Å². The number of hydrogen-bond acceptors (Lipinski definition) is 6. The minimum atomic E-state index is -1.06. The van der Waals surface area contributed by atoms with Gasteiger partial charge in [0.25, 0.3) is 0 Å². The first-order valence-corrected chi connectivity index (χ1v) is 9.77. The molecule has 0 saturated heterocycles. The fraction of sp³-hybridized carbons (Fsp3) is 0.750. The SMILES string of the molecule is CCSC[C@H](NC(=O)CCC(=O)O)C(=O)NCCOCCNC(=O)CC. The number of ether oxygens (including phenoxy) is 1. The van der Waals surface area contributed by atoms with Crippen LogP contribution in [0.25, 0.3) is 0 Å². The molecule has 150 valence electrons. The van der Waals surface area contributed by atoms with Crippen molar-refractivity contribution in [2.75, 3.05) is 37.8 Å². The van der Waals surface area contributed by atoms with E-state index in [1.807, 2.05) is 6.92 Å². The molecule has 0 fully saturated rings. The van der Waals surface area contributed by atoms with Crippen LogP contribution in [0.2, 0.25) is 0 Å². The van der Waals surface area contributed by atoms with Gasteiger partial charge in [0.05, 0.1) is 19.6 Å². The molecule has 9 nitrogen and oxygen atoms in total. The van der Waals surface area contributed by atoms with Gasteiger partial charge in [0.15, 0.2) is 0 Å². The monoisotopic (exact) mass is 391 g/mol. The fourth-order valence-electron chi connectivity index (χ4n) is 1.76. The highest BCUT2D eigenvalue weighted by Crippen LogP contribution is 2.03. The van der Waals surface area contributed by atoms with Crippen molar-refractivity contribution in [3.05, 3.63) is 0 Å². The van der Waals surface area contributed by atoms with E-state index in [4.69, 9.17) is 9.84 Å². The maximum atomic E-state index is 12.2. The number of nitrogens with one attached hydrogen (secondary N) is 3. The van der Waals surface area contributed by atoms with E-state index < -0.39 is 17.9 Å². The van der Waals surface area contributed by atoms with Crippen LogP contribution in [0.3, 0.4) is 0 Å². The summed E-state index contributed by atoms with van der Waals surface area (Å²) in [5.41, 5.74) is 0. The lowest BCUT2D eigenvalue weighted by Gasteiger charge is -2.18. The minimum Gasteiger partial charge on any atom is -0.481 e. The summed E-state index contributed by atoms with van der Waals surface area (Å²) in [4.78, 5) is 45.4. The van der Waals surface area contributed by atoms with Crippen molar-refractivity contribution in [1.29, 1.82) is 0 Å². The number of carboxylic acids is 1. The van der Waals surface area contributed by atoms with Crippen molar-refractivity contribution in [3.8, 4) is 0 Å². The molecule has 0 aromatic carbocycles. The molecule has 0 aliphatic rings. The molecule has 0 radical (unpaired) electrons. The van der Waals surface area contributed by atoms with Gasteiger partial charge in [0, 0.05) is 31.7 Å².